The normalized spacial score (nSPS) is 21.4. The van der Waals surface area contributed by atoms with Gasteiger partial charge in [-0.1, -0.05) is 49.6 Å². The van der Waals surface area contributed by atoms with Crippen LogP contribution in [0.2, 0.25) is 0 Å². The Hall–Kier alpha value is -1.63. The third-order valence-electron chi connectivity index (χ3n) is 5.62. The predicted octanol–water partition coefficient (Wildman–Crippen LogP) is 2.55. The summed E-state index contributed by atoms with van der Waals surface area (Å²) in [5.74, 6) is 0.249. The molecule has 1 heterocycles. The third kappa shape index (κ3) is 6.48. The fourth-order valence-corrected chi connectivity index (χ4v) is 4.02. The van der Waals surface area contributed by atoms with Gasteiger partial charge in [-0.15, -0.1) is 0 Å². The summed E-state index contributed by atoms with van der Waals surface area (Å²) in [4.78, 5) is 14.6. The molecule has 3 rings (SSSR count). The van der Waals surface area contributed by atoms with Crippen molar-refractivity contribution in [3.8, 4) is 0 Å². The molecule has 2 fully saturated rings. The molecule has 1 aliphatic heterocycles. The second-order valence-electron chi connectivity index (χ2n) is 7.61. The summed E-state index contributed by atoms with van der Waals surface area (Å²) >= 11 is 0. The first-order valence-electron chi connectivity index (χ1n) is 10.2. The van der Waals surface area contributed by atoms with Crippen molar-refractivity contribution in [1.82, 2.24) is 10.2 Å². The second kappa shape index (κ2) is 10.6. The average molecular weight is 376 g/mol. The Morgan fingerprint density at radius 1 is 1.19 bits per heavy atom. The van der Waals surface area contributed by atoms with Gasteiger partial charge in [0.2, 0.25) is 0 Å². The number of hydrogen-bond donors (Lipinski definition) is 2. The van der Waals surface area contributed by atoms with Gasteiger partial charge in [-0.25, -0.2) is 4.79 Å². The molecule has 2 aliphatic rings. The number of benzene rings is 1. The SMILES string of the molecule is O=C(N[C@@H](CN1CCOCC1)[C@@H](O)C1CCCCC1)OCc1ccccc1. The molecule has 6 heteroatoms. The van der Waals surface area contributed by atoms with Gasteiger partial charge in [0.1, 0.15) is 6.61 Å². The summed E-state index contributed by atoms with van der Waals surface area (Å²) in [7, 11) is 0. The lowest BCUT2D eigenvalue weighted by Crippen LogP contribution is -2.54. The fourth-order valence-electron chi connectivity index (χ4n) is 4.02. The van der Waals surface area contributed by atoms with Crippen molar-refractivity contribution in [2.75, 3.05) is 32.8 Å². The Labute approximate surface area is 161 Å². The molecule has 1 aromatic carbocycles. The van der Waals surface area contributed by atoms with Crippen LogP contribution in [0.1, 0.15) is 37.7 Å². The molecule has 1 aromatic rings. The standard InChI is InChI=1S/C21H32N2O4/c24-20(18-9-5-2-6-10-18)19(15-23-11-13-26-14-12-23)22-21(25)27-16-17-7-3-1-4-8-17/h1,3-4,7-8,18-20,24H,2,5-6,9-16H2,(H,22,25)/t19-,20-/m0/s1. The van der Waals surface area contributed by atoms with Gasteiger partial charge in [0.05, 0.1) is 25.4 Å². The van der Waals surface area contributed by atoms with Gasteiger partial charge in [-0.2, -0.15) is 0 Å². The molecule has 27 heavy (non-hydrogen) atoms. The molecule has 0 radical (unpaired) electrons. The molecule has 1 saturated heterocycles. The highest BCUT2D eigenvalue weighted by atomic mass is 16.5. The molecule has 150 valence electrons. The lowest BCUT2D eigenvalue weighted by atomic mass is 9.82. The summed E-state index contributed by atoms with van der Waals surface area (Å²) in [6, 6.07) is 9.30. The van der Waals surface area contributed by atoms with E-state index in [1.165, 1.54) is 6.42 Å². The Morgan fingerprint density at radius 3 is 2.59 bits per heavy atom. The Morgan fingerprint density at radius 2 is 1.89 bits per heavy atom. The zero-order chi connectivity index (χ0) is 18.9. The van der Waals surface area contributed by atoms with E-state index in [0.717, 1.165) is 44.3 Å². The van der Waals surface area contributed by atoms with Crippen molar-refractivity contribution >= 4 is 6.09 Å². The summed E-state index contributed by atoms with van der Waals surface area (Å²) in [5.41, 5.74) is 0.949. The molecule has 1 aliphatic carbocycles. The van der Waals surface area contributed by atoms with Gasteiger partial charge >= 0.3 is 6.09 Å². The van der Waals surface area contributed by atoms with Crippen molar-refractivity contribution in [1.29, 1.82) is 0 Å². The molecule has 0 bridgehead atoms. The zero-order valence-corrected chi connectivity index (χ0v) is 16.0. The van der Waals surface area contributed by atoms with Crippen LogP contribution in [0.15, 0.2) is 30.3 Å². The van der Waals surface area contributed by atoms with E-state index >= 15 is 0 Å². The summed E-state index contributed by atoms with van der Waals surface area (Å²) in [6.07, 6.45) is 4.60. The van der Waals surface area contributed by atoms with Crippen LogP contribution < -0.4 is 5.32 Å². The smallest absolute Gasteiger partial charge is 0.407 e. The molecule has 6 nitrogen and oxygen atoms in total. The van der Waals surface area contributed by atoms with Crippen LogP contribution in [0.5, 0.6) is 0 Å². The summed E-state index contributed by atoms with van der Waals surface area (Å²) in [5, 5.41) is 13.9. The number of rotatable bonds is 7. The molecule has 0 spiro atoms. The van der Waals surface area contributed by atoms with E-state index in [4.69, 9.17) is 9.47 Å². The van der Waals surface area contributed by atoms with Gasteiger partial charge in [0.25, 0.3) is 0 Å². The fraction of sp³-hybridized carbons (Fsp3) is 0.667. The second-order valence-corrected chi connectivity index (χ2v) is 7.61. The van der Waals surface area contributed by atoms with Crippen LogP contribution >= 0.6 is 0 Å². The third-order valence-corrected chi connectivity index (χ3v) is 5.62. The number of carbonyl (C=O) groups excluding carboxylic acids is 1. The van der Waals surface area contributed by atoms with Crippen molar-refractivity contribution in [2.45, 2.75) is 50.9 Å². The molecule has 1 amide bonds. The minimum absolute atomic E-state index is 0.233. The quantitative estimate of drug-likeness (QED) is 0.765. The maximum Gasteiger partial charge on any atom is 0.407 e. The summed E-state index contributed by atoms with van der Waals surface area (Å²) < 4.78 is 10.8. The zero-order valence-electron chi connectivity index (χ0n) is 16.0. The van der Waals surface area contributed by atoms with Gasteiger partial charge < -0.3 is 19.9 Å². The number of amides is 1. The van der Waals surface area contributed by atoms with E-state index in [1.54, 1.807) is 0 Å². The highest BCUT2D eigenvalue weighted by molar-refractivity contribution is 5.67. The van der Waals surface area contributed by atoms with E-state index in [-0.39, 0.29) is 18.6 Å². The molecule has 2 N–H and O–H groups in total. The van der Waals surface area contributed by atoms with E-state index < -0.39 is 12.2 Å². The number of nitrogens with one attached hydrogen (secondary N) is 1. The lowest BCUT2D eigenvalue weighted by Gasteiger charge is -2.36. The van der Waals surface area contributed by atoms with Gasteiger partial charge in [0.15, 0.2) is 0 Å². The minimum atomic E-state index is -0.544. The minimum Gasteiger partial charge on any atom is -0.445 e. The number of nitrogens with zero attached hydrogens (tertiary/aromatic N) is 1. The van der Waals surface area contributed by atoms with Crippen LogP contribution in [0, 0.1) is 5.92 Å². The first kappa shape index (κ1) is 20.1. The maximum atomic E-state index is 12.4. The highest BCUT2D eigenvalue weighted by Crippen LogP contribution is 2.28. The maximum absolute atomic E-state index is 12.4. The van der Waals surface area contributed by atoms with Crippen molar-refractivity contribution in [2.24, 2.45) is 5.92 Å². The largest absolute Gasteiger partial charge is 0.445 e. The van der Waals surface area contributed by atoms with E-state index in [9.17, 15) is 9.90 Å². The van der Waals surface area contributed by atoms with Crippen LogP contribution in [0.25, 0.3) is 0 Å². The number of morpholine rings is 1. The first-order valence-corrected chi connectivity index (χ1v) is 10.2. The molecular weight excluding hydrogens is 344 g/mol. The van der Waals surface area contributed by atoms with Gasteiger partial charge in [-0.05, 0) is 24.3 Å². The molecular formula is C21H32N2O4. The molecule has 1 saturated carbocycles. The predicted molar refractivity (Wildman–Crippen MR) is 103 cm³/mol. The number of aliphatic hydroxyl groups is 1. The van der Waals surface area contributed by atoms with E-state index in [0.29, 0.717) is 19.8 Å². The van der Waals surface area contributed by atoms with Gasteiger partial charge in [0, 0.05) is 19.6 Å². The van der Waals surface area contributed by atoms with Gasteiger partial charge in [-0.3, -0.25) is 4.90 Å². The lowest BCUT2D eigenvalue weighted by molar-refractivity contribution is 0.00286. The first-order chi connectivity index (χ1) is 13.2. The Kier molecular flexibility index (Phi) is 7.93. The topological polar surface area (TPSA) is 71.0 Å². The van der Waals surface area contributed by atoms with E-state index in [1.807, 2.05) is 30.3 Å². The van der Waals surface area contributed by atoms with Crippen LogP contribution in [-0.2, 0) is 16.1 Å². The van der Waals surface area contributed by atoms with Crippen LogP contribution in [0.4, 0.5) is 4.79 Å². The van der Waals surface area contributed by atoms with Crippen molar-refractivity contribution < 1.29 is 19.4 Å². The Bertz CT molecular complexity index is 557. The van der Waals surface area contributed by atoms with Crippen molar-refractivity contribution in [3.05, 3.63) is 35.9 Å². The number of ether oxygens (including phenoxy) is 2. The highest BCUT2D eigenvalue weighted by Gasteiger charge is 2.32. The van der Waals surface area contributed by atoms with Crippen LogP contribution in [-0.4, -0.2) is 61.1 Å². The number of alkyl carbamates (subject to hydrolysis) is 1. The molecule has 0 aromatic heterocycles. The van der Waals surface area contributed by atoms with Crippen molar-refractivity contribution in [3.63, 3.8) is 0 Å². The average Bonchev–Trinajstić information content (AvgIpc) is 2.73. The number of hydrogen-bond acceptors (Lipinski definition) is 5. The number of aliphatic hydroxyl groups excluding tert-OH is 1. The monoisotopic (exact) mass is 376 g/mol. The Balaban J connectivity index is 1.56. The van der Waals surface area contributed by atoms with Crippen LogP contribution in [0.3, 0.4) is 0 Å². The molecule has 2 atom stereocenters. The van der Waals surface area contributed by atoms with E-state index in [2.05, 4.69) is 10.2 Å². The summed E-state index contributed by atoms with van der Waals surface area (Å²) in [6.45, 7) is 3.91. The number of carbonyl (C=O) groups is 1. The molecule has 0 unspecified atom stereocenters.